The number of nitrogens with one attached hydrogen (secondary N) is 2. The topological polar surface area (TPSA) is 179 Å². The standard InChI is InChI=1S/C16H18N4O8S2/c21-19(22)13-3-7-15(8-4-13)29(25,26)17-11-1-2-12-18-30(27,28)16-9-5-14(6-10-16)20(23)24/h3-10,17-18H,1-2,11-12H2. The summed E-state index contributed by atoms with van der Waals surface area (Å²) < 4.78 is 53.2. The van der Waals surface area contributed by atoms with Crippen molar-refractivity contribution in [1.29, 1.82) is 0 Å². The van der Waals surface area contributed by atoms with E-state index in [1.54, 1.807) is 0 Å². The molecule has 2 aromatic carbocycles. The molecule has 14 heteroatoms. The van der Waals surface area contributed by atoms with Gasteiger partial charge in [0.15, 0.2) is 0 Å². The van der Waals surface area contributed by atoms with E-state index >= 15 is 0 Å². The van der Waals surface area contributed by atoms with Gasteiger partial charge in [-0.15, -0.1) is 0 Å². The maximum atomic E-state index is 12.1. The van der Waals surface area contributed by atoms with E-state index in [2.05, 4.69) is 9.44 Å². The second-order valence-corrected chi connectivity index (χ2v) is 9.54. The van der Waals surface area contributed by atoms with Gasteiger partial charge in [-0.1, -0.05) is 0 Å². The quantitative estimate of drug-likeness (QED) is 0.289. The third kappa shape index (κ3) is 6.28. The fourth-order valence-corrected chi connectivity index (χ4v) is 4.47. The molecule has 2 N–H and O–H groups in total. The van der Waals surface area contributed by atoms with Gasteiger partial charge in [-0.05, 0) is 37.1 Å². The molecule has 0 unspecified atom stereocenters. The Labute approximate surface area is 172 Å². The van der Waals surface area contributed by atoms with Crippen LogP contribution in [0.25, 0.3) is 0 Å². The SMILES string of the molecule is O=[N+]([O-])c1ccc(S(=O)(=O)NCCCCNS(=O)(=O)c2ccc([N+](=O)[O-])cc2)cc1. The van der Waals surface area contributed by atoms with Crippen LogP contribution in [-0.4, -0.2) is 39.8 Å². The molecule has 2 aromatic rings. The van der Waals surface area contributed by atoms with E-state index in [0.717, 1.165) is 48.5 Å². The van der Waals surface area contributed by atoms with Crippen LogP contribution in [0.15, 0.2) is 58.3 Å². The van der Waals surface area contributed by atoms with Crippen molar-refractivity contribution in [2.24, 2.45) is 0 Å². The number of nitro groups is 2. The van der Waals surface area contributed by atoms with Crippen molar-refractivity contribution in [1.82, 2.24) is 9.44 Å². The van der Waals surface area contributed by atoms with Crippen LogP contribution in [0.1, 0.15) is 12.8 Å². The lowest BCUT2D eigenvalue weighted by Crippen LogP contribution is -2.27. The summed E-state index contributed by atoms with van der Waals surface area (Å²) in [5, 5.41) is 21.2. The molecule has 0 aliphatic heterocycles. The molecule has 0 aromatic heterocycles. The smallest absolute Gasteiger partial charge is 0.258 e. The fraction of sp³-hybridized carbons (Fsp3) is 0.250. The van der Waals surface area contributed by atoms with Gasteiger partial charge in [0.05, 0.1) is 19.6 Å². The van der Waals surface area contributed by atoms with Gasteiger partial charge in [0.2, 0.25) is 20.0 Å². The summed E-state index contributed by atoms with van der Waals surface area (Å²) >= 11 is 0. The van der Waals surface area contributed by atoms with Crippen LogP contribution in [0, 0.1) is 20.2 Å². The minimum Gasteiger partial charge on any atom is -0.258 e. The van der Waals surface area contributed by atoms with Crippen LogP contribution in [-0.2, 0) is 20.0 Å². The molecule has 162 valence electrons. The molecular weight excluding hydrogens is 440 g/mol. The normalized spacial score (nSPS) is 11.9. The van der Waals surface area contributed by atoms with Crippen molar-refractivity contribution in [3.63, 3.8) is 0 Å². The zero-order chi connectivity index (χ0) is 22.4. The zero-order valence-electron chi connectivity index (χ0n) is 15.4. The monoisotopic (exact) mass is 458 g/mol. The van der Waals surface area contributed by atoms with Gasteiger partial charge in [0.1, 0.15) is 0 Å². The first-order chi connectivity index (χ1) is 14.0. The number of hydrogen-bond donors (Lipinski definition) is 2. The summed E-state index contributed by atoms with van der Waals surface area (Å²) in [5.74, 6) is 0. The highest BCUT2D eigenvalue weighted by molar-refractivity contribution is 7.89. The number of benzene rings is 2. The van der Waals surface area contributed by atoms with E-state index < -0.39 is 29.9 Å². The van der Waals surface area contributed by atoms with E-state index in [1.165, 1.54) is 0 Å². The Morgan fingerprint density at radius 3 is 1.20 bits per heavy atom. The van der Waals surface area contributed by atoms with Gasteiger partial charge in [0.25, 0.3) is 11.4 Å². The number of rotatable bonds is 11. The highest BCUT2D eigenvalue weighted by Gasteiger charge is 2.16. The van der Waals surface area contributed by atoms with Crippen molar-refractivity contribution in [3.05, 3.63) is 68.8 Å². The Balaban J connectivity index is 1.79. The van der Waals surface area contributed by atoms with Crippen LogP contribution in [0.4, 0.5) is 11.4 Å². The molecular formula is C16H18N4O8S2. The first-order valence-electron chi connectivity index (χ1n) is 8.51. The van der Waals surface area contributed by atoms with Crippen LogP contribution < -0.4 is 9.44 Å². The predicted octanol–water partition coefficient (Wildman–Crippen LogP) is 1.54. The number of hydrogen-bond acceptors (Lipinski definition) is 8. The molecule has 0 saturated carbocycles. The Hall–Kier alpha value is -2.94. The van der Waals surface area contributed by atoms with E-state index in [-0.39, 0.29) is 34.3 Å². The molecule has 0 saturated heterocycles. The molecule has 2 rings (SSSR count). The van der Waals surface area contributed by atoms with Crippen molar-refractivity contribution < 1.29 is 26.7 Å². The van der Waals surface area contributed by atoms with Gasteiger partial charge in [-0.2, -0.15) is 0 Å². The molecule has 30 heavy (non-hydrogen) atoms. The third-order valence-electron chi connectivity index (χ3n) is 3.90. The van der Waals surface area contributed by atoms with Crippen molar-refractivity contribution in [3.8, 4) is 0 Å². The minimum atomic E-state index is -3.84. The Bertz CT molecular complexity index is 1020. The van der Waals surface area contributed by atoms with Crippen molar-refractivity contribution >= 4 is 31.4 Å². The first kappa shape index (κ1) is 23.3. The average molecular weight is 458 g/mol. The van der Waals surface area contributed by atoms with Crippen LogP contribution in [0.5, 0.6) is 0 Å². The van der Waals surface area contributed by atoms with Crippen molar-refractivity contribution in [2.75, 3.05) is 13.1 Å². The summed E-state index contributed by atoms with van der Waals surface area (Å²) in [6.45, 7) is 0.0805. The lowest BCUT2D eigenvalue weighted by molar-refractivity contribution is -0.385. The fourth-order valence-electron chi connectivity index (χ4n) is 2.32. The molecule has 0 aliphatic carbocycles. The first-order valence-corrected chi connectivity index (χ1v) is 11.5. The minimum absolute atomic E-state index is 0.0403. The van der Waals surface area contributed by atoms with Crippen LogP contribution in [0.3, 0.4) is 0 Å². The largest absolute Gasteiger partial charge is 0.269 e. The number of non-ortho nitro benzene ring substituents is 2. The Morgan fingerprint density at radius 1 is 0.633 bits per heavy atom. The van der Waals surface area contributed by atoms with E-state index in [4.69, 9.17) is 0 Å². The molecule has 12 nitrogen and oxygen atoms in total. The Morgan fingerprint density at radius 2 is 0.933 bits per heavy atom. The van der Waals surface area contributed by atoms with Gasteiger partial charge in [-0.25, -0.2) is 26.3 Å². The van der Waals surface area contributed by atoms with E-state index in [9.17, 15) is 37.1 Å². The third-order valence-corrected chi connectivity index (χ3v) is 6.86. The number of nitrogens with zero attached hydrogens (tertiary/aromatic N) is 2. The number of sulfonamides is 2. The van der Waals surface area contributed by atoms with Crippen LogP contribution >= 0.6 is 0 Å². The maximum absolute atomic E-state index is 12.1. The predicted molar refractivity (Wildman–Crippen MR) is 106 cm³/mol. The molecule has 0 bridgehead atoms. The molecule has 0 fully saturated rings. The molecule has 0 spiro atoms. The van der Waals surface area contributed by atoms with Crippen molar-refractivity contribution in [2.45, 2.75) is 22.6 Å². The van der Waals surface area contributed by atoms with Gasteiger partial charge in [-0.3, -0.25) is 20.2 Å². The van der Waals surface area contributed by atoms with Crippen LogP contribution in [0.2, 0.25) is 0 Å². The Kier molecular flexibility index (Phi) is 7.55. The maximum Gasteiger partial charge on any atom is 0.269 e. The molecule has 0 amide bonds. The second-order valence-electron chi connectivity index (χ2n) is 6.00. The van der Waals surface area contributed by atoms with Gasteiger partial charge in [0, 0.05) is 37.4 Å². The lowest BCUT2D eigenvalue weighted by atomic mass is 10.3. The number of nitro benzene ring substituents is 2. The lowest BCUT2D eigenvalue weighted by Gasteiger charge is -2.08. The highest BCUT2D eigenvalue weighted by Crippen LogP contribution is 2.16. The zero-order valence-corrected chi connectivity index (χ0v) is 17.1. The molecule has 0 radical (unpaired) electrons. The van der Waals surface area contributed by atoms with E-state index in [0.29, 0.717) is 12.8 Å². The summed E-state index contributed by atoms with van der Waals surface area (Å²) in [4.78, 5) is 19.7. The van der Waals surface area contributed by atoms with E-state index in [1.807, 2.05) is 0 Å². The highest BCUT2D eigenvalue weighted by atomic mass is 32.2. The second kappa shape index (κ2) is 9.71. The van der Waals surface area contributed by atoms with Gasteiger partial charge < -0.3 is 0 Å². The average Bonchev–Trinajstić information content (AvgIpc) is 2.70. The van der Waals surface area contributed by atoms with Gasteiger partial charge >= 0.3 is 0 Å². The molecule has 0 aliphatic rings. The summed E-state index contributed by atoms with van der Waals surface area (Å²) in [5.41, 5.74) is -0.455. The summed E-state index contributed by atoms with van der Waals surface area (Å²) in [6, 6.07) is 8.83. The molecule has 0 heterocycles. The summed E-state index contributed by atoms with van der Waals surface area (Å²) in [6.07, 6.45) is 0.657. The summed E-state index contributed by atoms with van der Waals surface area (Å²) in [7, 11) is -7.68. The number of unbranched alkanes of at least 4 members (excludes halogenated alkanes) is 1. The molecule has 0 atom stereocenters.